The van der Waals surface area contributed by atoms with Crippen LogP contribution in [-0.4, -0.2) is 39.3 Å². The molecule has 0 saturated heterocycles. The zero-order chi connectivity index (χ0) is 14.4. The molecule has 1 rings (SSSR count). The Labute approximate surface area is 115 Å². The molecule has 5 nitrogen and oxygen atoms in total. The van der Waals surface area contributed by atoms with Gasteiger partial charge in [0.2, 0.25) is 5.91 Å². The van der Waals surface area contributed by atoms with Crippen LogP contribution in [0.1, 0.15) is 12.5 Å². The molecule has 6 heteroatoms. The lowest BCUT2D eigenvalue weighted by Gasteiger charge is -2.14. The predicted molar refractivity (Wildman–Crippen MR) is 76.3 cm³/mol. The topological polar surface area (TPSA) is 92.4 Å². The van der Waals surface area contributed by atoms with Gasteiger partial charge in [0.05, 0.1) is 6.04 Å². The number of nitrogens with two attached hydrogens (primary N) is 1. The second kappa shape index (κ2) is 7.25. The molecular weight excluding hydrogens is 264 g/mol. The number of carbonyl (C=O) groups is 1. The third-order valence-corrected chi connectivity index (χ3v) is 4.16. The minimum atomic E-state index is -0.964. The molecule has 0 fully saturated rings. The molecule has 0 aromatic heterocycles. The molecule has 0 bridgehead atoms. The number of aromatic hydroxyl groups is 1. The third-order valence-electron chi connectivity index (χ3n) is 2.86. The van der Waals surface area contributed by atoms with E-state index in [2.05, 4.69) is 5.32 Å². The number of hydrogen-bond acceptors (Lipinski definition) is 4. The van der Waals surface area contributed by atoms with E-state index in [-0.39, 0.29) is 16.9 Å². The van der Waals surface area contributed by atoms with Crippen molar-refractivity contribution in [3.63, 3.8) is 0 Å². The zero-order valence-electron chi connectivity index (χ0n) is 11.1. The Morgan fingerprint density at radius 1 is 1.42 bits per heavy atom. The average Bonchev–Trinajstić information content (AvgIpc) is 2.37. The van der Waals surface area contributed by atoms with Crippen molar-refractivity contribution < 1.29 is 14.1 Å². The molecule has 0 aliphatic carbocycles. The maximum atomic E-state index is 11.8. The summed E-state index contributed by atoms with van der Waals surface area (Å²) in [5.74, 6) is -0.0774. The number of amides is 1. The van der Waals surface area contributed by atoms with Crippen molar-refractivity contribution in [2.75, 3.05) is 12.8 Å². The summed E-state index contributed by atoms with van der Waals surface area (Å²) in [4.78, 5) is 11.8. The molecule has 3 atom stereocenters. The molecule has 1 amide bonds. The lowest BCUT2D eigenvalue weighted by atomic mass is 10.1. The molecule has 106 valence electrons. The van der Waals surface area contributed by atoms with Crippen LogP contribution in [0.5, 0.6) is 5.75 Å². The van der Waals surface area contributed by atoms with Crippen molar-refractivity contribution in [1.82, 2.24) is 5.32 Å². The van der Waals surface area contributed by atoms with Crippen molar-refractivity contribution in [1.29, 1.82) is 0 Å². The average molecular weight is 284 g/mol. The normalized spacial score (nSPS) is 15.5. The summed E-state index contributed by atoms with van der Waals surface area (Å²) in [6, 6.07) is 5.92. The first kappa shape index (κ1) is 15.7. The van der Waals surface area contributed by atoms with Crippen LogP contribution in [0.4, 0.5) is 0 Å². The predicted octanol–water partition coefficient (Wildman–Crippen LogP) is 0.145. The molecular formula is C13H20N2O3S. The number of phenolic OH excluding ortho intramolecular Hbond substituents is 1. The fourth-order valence-electron chi connectivity index (χ4n) is 1.47. The second-order valence-corrected chi connectivity index (χ2v) is 6.33. The molecule has 1 aromatic rings. The number of benzene rings is 1. The largest absolute Gasteiger partial charge is 0.508 e. The molecule has 0 heterocycles. The molecule has 4 N–H and O–H groups in total. The first-order chi connectivity index (χ1) is 8.90. The van der Waals surface area contributed by atoms with E-state index in [1.54, 1.807) is 30.5 Å². The van der Waals surface area contributed by atoms with Crippen molar-refractivity contribution in [2.24, 2.45) is 5.73 Å². The summed E-state index contributed by atoms with van der Waals surface area (Å²) < 4.78 is 11.2. The van der Waals surface area contributed by atoms with E-state index < -0.39 is 16.8 Å². The minimum absolute atomic E-state index is 0.0928. The van der Waals surface area contributed by atoms with Crippen molar-refractivity contribution in [3.8, 4) is 5.75 Å². The summed E-state index contributed by atoms with van der Waals surface area (Å²) in [6.07, 6.45) is 2.00. The smallest absolute Gasteiger partial charge is 0.237 e. The monoisotopic (exact) mass is 284 g/mol. The highest BCUT2D eigenvalue weighted by Crippen LogP contribution is 2.10. The lowest BCUT2D eigenvalue weighted by molar-refractivity contribution is -0.122. The van der Waals surface area contributed by atoms with Gasteiger partial charge in [-0.05, 0) is 31.0 Å². The summed E-state index contributed by atoms with van der Waals surface area (Å²) >= 11 is 0. The van der Waals surface area contributed by atoms with E-state index in [9.17, 15) is 9.00 Å². The number of hydrogen-bond donors (Lipinski definition) is 3. The van der Waals surface area contributed by atoms with Gasteiger partial charge >= 0.3 is 0 Å². The molecule has 2 unspecified atom stereocenters. The summed E-state index contributed by atoms with van der Waals surface area (Å²) in [6.45, 7) is 2.16. The number of rotatable bonds is 6. The SMILES string of the molecule is CC(CNC(=O)[C@@H](N)Cc1ccc(O)cc1)S(C)=O. The van der Waals surface area contributed by atoms with Gasteiger partial charge in [-0.2, -0.15) is 0 Å². The first-order valence-corrected chi connectivity index (χ1v) is 7.65. The highest BCUT2D eigenvalue weighted by atomic mass is 32.2. The molecule has 0 aliphatic heterocycles. The van der Waals surface area contributed by atoms with Crippen LogP contribution in [0.15, 0.2) is 24.3 Å². The maximum Gasteiger partial charge on any atom is 0.237 e. The summed E-state index contributed by atoms with van der Waals surface area (Å²) in [5, 5.41) is 11.8. The highest BCUT2D eigenvalue weighted by molar-refractivity contribution is 7.84. The van der Waals surface area contributed by atoms with Gasteiger partial charge in [0, 0.05) is 28.9 Å². The fraction of sp³-hybridized carbons (Fsp3) is 0.462. The van der Waals surface area contributed by atoms with Gasteiger partial charge < -0.3 is 16.2 Å². The van der Waals surface area contributed by atoms with E-state index in [0.717, 1.165) is 5.56 Å². The fourth-order valence-corrected chi connectivity index (χ4v) is 1.79. The third kappa shape index (κ3) is 5.40. The standard InChI is InChI=1S/C13H20N2O3S/c1-9(19(2)18)8-15-13(17)12(14)7-10-3-5-11(16)6-4-10/h3-6,9,12,16H,7-8,14H2,1-2H3,(H,15,17)/t9?,12-,19?/m0/s1. The van der Waals surface area contributed by atoms with Gasteiger partial charge in [-0.15, -0.1) is 0 Å². The van der Waals surface area contributed by atoms with Crippen molar-refractivity contribution in [2.45, 2.75) is 24.6 Å². The van der Waals surface area contributed by atoms with Crippen LogP contribution in [0.3, 0.4) is 0 Å². The first-order valence-electron chi connectivity index (χ1n) is 6.03. The van der Waals surface area contributed by atoms with Crippen molar-refractivity contribution in [3.05, 3.63) is 29.8 Å². The Bertz CT molecular complexity index is 448. The Hall–Kier alpha value is -1.40. The van der Waals surface area contributed by atoms with Crippen LogP contribution in [0.25, 0.3) is 0 Å². The van der Waals surface area contributed by atoms with E-state index >= 15 is 0 Å². The minimum Gasteiger partial charge on any atom is -0.508 e. The number of carbonyl (C=O) groups excluding carboxylic acids is 1. The van der Waals surface area contributed by atoms with Gasteiger partial charge in [0.1, 0.15) is 5.75 Å². The Kier molecular flexibility index (Phi) is 5.98. The van der Waals surface area contributed by atoms with Crippen LogP contribution < -0.4 is 11.1 Å². The summed E-state index contributed by atoms with van der Waals surface area (Å²) in [7, 11) is -0.964. The van der Waals surface area contributed by atoms with Crippen LogP contribution in [0.2, 0.25) is 0 Å². The van der Waals surface area contributed by atoms with Gasteiger partial charge in [0.15, 0.2) is 0 Å². The van der Waals surface area contributed by atoms with E-state index in [4.69, 9.17) is 10.8 Å². The zero-order valence-corrected chi connectivity index (χ0v) is 11.9. The van der Waals surface area contributed by atoms with E-state index in [0.29, 0.717) is 13.0 Å². The van der Waals surface area contributed by atoms with Gasteiger partial charge in [-0.25, -0.2) is 0 Å². The summed E-state index contributed by atoms with van der Waals surface area (Å²) in [5.41, 5.74) is 6.68. The molecule has 1 aromatic carbocycles. The second-order valence-electron chi connectivity index (χ2n) is 4.53. The number of phenols is 1. The molecule has 0 saturated carbocycles. The quantitative estimate of drug-likeness (QED) is 0.693. The van der Waals surface area contributed by atoms with Crippen LogP contribution >= 0.6 is 0 Å². The number of nitrogens with one attached hydrogen (secondary N) is 1. The van der Waals surface area contributed by atoms with Gasteiger partial charge in [0.25, 0.3) is 0 Å². The van der Waals surface area contributed by atoms with Gasteiger partial charge in [-0.1, -0.05) is 12.1 Å². The van der Waals surface area contributed by atoms with Crippen LogP contribution in [-0.2, 0) is 22.0 Å². The van der Waals surface area contributed by atoms with Crippen molar-refractivity contribution >= 4 is 16.7 Å². The molecule has 0 aliphatic rings. The molecule has 0 radical (unpaired) electrons. The van der Waals surface area contributed by atoms with Crippen LogP contribution in [0, 0.1) is 0 Å². The molecule has 19 heavy (non-hydrogen) atoms. The van der Waals surface area contributed by atoms with E-state index in [1.807, 2.05) is 6.92 Å². The maximum absolute atomic E-state index is 11.8. The Morgan fingerprint density at radius 2 is 2.00 bits per heavy atom. The van der Waals surface area contributed by atoms with Gasteiger partial charge in [-0.3, -0.25) is 9.00 Å². The highest BCUT2D eigenvalue weighted by Gasteiger charge is 2.15. The lowest BCUT2D eigenvalue weighted by Crippen LogP contribution is -2.44. The Balaban J connectivity index is 2.44. The molecule has 0 spiro atoms. The van der Waals surface area contributed by atoms with E-state index in [1.165, 1.54) is 0 Å². The Morgan fingerprint density at radius 3 is 2.53 bits per heavy atom.